The van der Waals surface area contributed by atoms with Gasteiger partial charge in [0.05, 0.1) is 4.47 Å². The van der Waals surface area contributed by atoms with Gasteiger partial charge in [0.1, 0.15) is 5.82 Å². The van der Waals surface area contributed by atoms with Gasteiger partial charge < -0.3 is 5.32 Å². The van der Waals surface area contributed by atoms with E-state index in [2.05, 4.69) is 47.1 Å². The topological polar surface area (TPSA) is 28.2 Å². The predicted molar refractivity (Wildman–Crippen MR) is 76.3 cm³/mol. The molecule has 17 heavy (non-hydrogen) atoms. The van der Waals surface area contributed by atoms with Crippen molar-refractivity contribution in [3.8, 4) is 0 Å². The van der Waals surface area contributed by atoms with Crippen LogP contribution in [-0.4, -0.2) is 35.1 Å². The Bertz CT molecular complexity index is 420. The zero-order valence-corrected chi connectivity index (χ0v) is 12.7. The highest BCUT2D eigenvalue weighted by Crippen LogP contribution is 2.31. The van der Waals surface area contributed by atoms with Crippen LogP contribution in [0, 0.1) is 0 Å². The monoisotopic (exact) mass is 359 g/mol. The first-order valence-corrected chi connectivity index (χ1v) is 7.62. The van der Waals surface area contributed by atoms with Gasteiger partial charge in [0.25, 0.3) is 0 Å². The number of rotatable bonds is 3. The Balaban J connectivity index is 1.63. The Morgan fingerprint density at radius 1 is 1.29 bits per heavy atom. The lowest BCUT2D eigenvalue weighted by atomic mass is 10.2. The normalized spacial score (nSPS) is 25.2. The van der Waals surface area contributed by atoms with Crippen molar-refractivity contribution in [2.45, 2.75) is 31.3 Å². The highest BCUT2D eigenvalue weighted by Gasteiger charge is 2.34. The highest BCUT2D eigenvalue weighted by molar-refractivity contribution is 9.11. The lowest BCUT2D eigenvalue weighted by Crippen LogP contribution is -2.28. The Kier molecular flexibility index (Phi) is 3.41. The van der Waals surface area contributed by atoms with Gasteiger partial charge >= 0.3 is 0 Å². The van der Waals surface area contributed by atoms with Gasteiger partial charge in [-0.25, -0.2) is 4.98 Å². The minimum absolute atomic E-state index is 0.542. The number of anilines is 1. The van der Waals surface area contributed by atoms with E-state index in [1.165, 1.54) is 25.8 Å². The van der Waals surface area contributed by atoms with E-state index in [9.17, 15) is 0 Å². The van der Waals surface area contributed by atoms with Crippen LogP contribution in [0.4, 0.5) is 5.82 Å². The average Bonchev–Trinajstić information content (AvgIpc) is 3.04. The molecule has 92 valence electrons. The van der Waals surface area contributed by atoms with E-state index in [1.807, 2.05) is 12.3 Å². The van der Waals surface area contributed by atoms with Crippen LogP contribution in [0.3, 0.4) is 0 Å². The summed E-state index contributed by atoms with van der Waals surface area (Å²) in [5.41, 5.74) is 0. The number of likely N-dealkylation sites (tertiary alicyclic amines) is 1. The third-order valence-corrected chi connectivity index (χ3v) is 4.47. The number of aromatic nitrogens is 1. The van der Waals surface area contributed by atoms with Crippen LogP contribution in [0.15, 0.2) is 21.2 Å². The van der Waals surface area contributed by atoms with Crippen LogP contribution in [0.2, 0.25) is 0 Å². The second kappa shape index (κ2) is 4.86. The van der Waals surface area contributed by atoms with Crippen LogP contribution in [0.1, 0.15) is 19.3 Å². The van der Waals surface area contributed by atoms with Gasteiger partial charge in [-0.05, 0) is 57.2 Å². The van der Waals surface area contributed by atoms with E-state index < -0.39 is 0 Å². The van der Waals surface area contributed by atoms with E-state index in [0.29, 0.717) is 6.04 Å². The molecule has 3 nitrogen and oxygen atoms in total. The number of halogens is 2. The quantitative estimate of drug-likeness (QED) is 0.896. The zero-order chi connectivity index (χ0) is 11.8. The third kappa shape index (κ3) is 2.83. The van der Waals surface area contributed by atoms with Crippen LogP contribution < -0.4 is 5.32 Å². The summed E-state index contributed by atoms with van der Waals surface area (Å²) in [6, 6.07) is 3.45. The fourth-order valence-electron chi connectivity index (χ4n) is 2.39. The number of pyridine rings is 1. The maximum absolute atomic E-state index is 4.40. The Morgan fingerprint density at radius 3 is 2.82 bits per heavy atom. The van der Waals surface area contributed by atoms with E-state index in [0.717, 1.165) is 27.3 Å². The molecule has 0 aromatic carbocycles. The molecular formula is C12H15Br2N3. The van der Waals surface area contributed by atoms with Crippen molar-refractivity contribution in [3.63, 3.8) is 0 Å². The highest BCUT2D eigenvalue weighted by atomic mass is 79.9. The minimum Gasteiger partial charge on any atom is -0.365 e. The fraction of sp³-hybridized carbons (Fsp3) is 0.583. The van der Waals surface area contributed by atoms with E-state index >= 15 is 0 Å². The number of hydrogen-bond donors (Lipinski definition) is 1. The van der Waals surface area contributed by atoms with Crippen LogP contribution in [0.25, 0.3) is 0 Å². The smallest absolute Gasteiger partial charge is 0.140 e. The summed E-state index contributed by atoms with van der Waals surface area (Å²) in [4.78, 5) is 7.01. The summed E-state index contributed by atoms with van der Waals surface area (Å²) < 4.78 is 2.03. The van der Waals surface area contributed by atoms with Crippen LogP contribution in [-0.2, 0) is 0 Å². The maximum atomic E-state index is 4.40. The van der Waals surface area contributed by atoms with Crippen molar-refractivity contribution >= 4 is 37.7 Å². The Labute approximate surface area is 118 Å². The lowest BCUT2D eigenvalue weighted by Gasteiger charge is -2.16. The molecule has 0 spiro atoms. The summed E-state index contributed by atoms with van der Waals surface area (Å²) in [6.07, 6.45) is 5.85. The molecule has 1 unspecified atom stereocenters. The minimum atomic E-state index is 0.542. The van der Waals surface area contributed by atoms with E-state index in [4.69, 9.17) is 0 Å². The van der Waals surface area contributed by atoms with Crippen molar-refractivity contribution in [2.24, 2.45) is 0 Å². The lowest BCUT2D eigenvalue weighted by molar-refractivity contribution is 0.326. The van der Waals surface area contributed by atoms with Gasteiger partial charge in [-0.1, -0.05) is 0 Å². The molecule has 0 radical (unpaired) electrons. The van der Waals surface area contributed by atoms with Gasteiger partial charge in [0.2, 0.25) is 0 Å². The van der Waals surface area contributed by atoms with Gasteiger partial charge in [-0.2, -0.15) is 0 Å². The molecule has 2 fully saturated rings. The molecule has 1 aliphatic heterocycles. The number of nitrogens with one attached hydrogen (secondary N) is 1. The average molecular weight is 361 g/mol. The Hall–Kier alpha value is -0.130. The SMILES string of the molecule is Brc1cnc(NC2CCN(C3CC3)C2)c(Br)c1. The molecule has 1 aromatic rings. The molecule has 1 saturated heterocycles. The second-order valence-electron chi connectivity index (χ2n) is 4.84. The molecule has 1 aromatic heterocycles. The summed E-state index contributed by atoms with van der Waals surface area (Å²) >= 11 is 6.96. The first-order valence-electron chi connectivity index (χ1n) is 6.04. The van der Waals surface area contributed by atoms with Crippen molar-refractivity contribution in [3.05, 3.63) is 21.2 Å². The molecule has 1 N–H and O–H groups in total. The van der Waals surface area contributed by atoms with Gasteiger partial charge in [0, 0.05) is 35.8 Å². The van der Waals surface area contributed by atoms with Gasteiger partial charge in [0.15, 0.2) is 0 Å². The molecule has 5 heteroatoms. The maximum Gasteiger partial charge on any atom is 0.140 e. The molecular weight excluding hydrogens is 346 g/mol. The van der Waals surface area contributed by atoms with Crippen molar-refractivity contribution in [1.29, 1.82) is 0 Å². The molecule has 2 heterocycles. The molecule has 0 amide bonds. The molecule has 3 rings (SSSR count). The summed E-state index contributed by atoms with van der Waals surface area (Å²) in [7, 11) is 0. The third-order valence-electron chi connectivity index (χ3n) is 3.43. The molecule has 1 aliphatic carbocycles. The van der Waals surface area contributed by atoms with E-state index in [1.54, 1.807) is 0 Å². The predicted octanol–water partition coefficient (Wildman–Crippen LogP) is 3.26. The Morgan fingerprint density at radius 2 is 2.12 bits per heavy atom. The van der Waals surface area contributed by atoms with Gasteiger partial charge in [-0.15, -0.1) is 0 Å². The summed E-state index contributed by atoms with van der Waals surface area (Å²) in [6.45, 7) is 2.39. The fourth-order valence-corrected chi connectivity index (χ4v) is 3.49. The van der Waals surface area contributed by atoms with Crippen LogP contribution >= 0.6 is 31.9 Å². The van der Waals surface area contributed by atoms with E-state index in [-0.39, 0.29) is 0 Å². The second-order valence-corrected chi connectivity index (χ2v) is 6.61. The van der Waals surface area contributed by atoms with Crippen molar-refractivity contribution in [1.82, 2.24) is 9.88 Å². The molecule has 2 aliphatic rings. The summed E-state index contributed by atoms with van der Waals surface area (Å²) in [5.74, 6) is 0.954. The summed E-state index contributed by atoms with van der Waals surface area (Å²) in [5, 5.41) is 3.53. The first kappa shape index (κ1) is 11.9. The standard InChI is InChI=1S/C12H15Br2N3/c13-8-5-11(14)12(15-6-8)16-9-3-4-17(7-9)10-1-2-10/h5-6,9-10H,1-4,7H2,(H,15,16). The van der Waals surface area contributed by atoms with Crippen LogP contribution in [0.5, 0.6) is 0 Å². The number of nitrogens with zero attached hydrogens (tertiary/aromatic N) is 2. The van der Waals surface area contributed by atoms with Crippen molar-refractivity contribution in [2.75, 3.05) is 18.4 Å². The number of hydrogen-bond acceptors (Lipinski definition) is 3. The first-order chi connectivity index (χ1) is 8.22. The molecule has 1 saturated carbocycles. The van der Waals surface area contributed by atoms with Crippen molar-refractivity contribution < 1.29 is 0 Å². The molecule has 1 atom stereocenters. The molecule has 0 bridgehead atoms. The van der Waals surface area contributed by atoms with Gasteiger partial charge in [-0.3, -0.25) is 4.90 Å². The zero-order valence-electron chi connectivity index (χ0n) is 9.50. The largest absolute Gasteiger partial charge is 0.365 e.